The van der Waals surface area contributed by atoms with Gasteiger partial charge in [0, 0.05) is 43.1 Å². The second-order valence-corrected chi connectivity index (χ2v) is 9.43. The Labute approximate surface area is 198 Å². The van der Waals surface area contributed by atoms with E-state index < -0.39 is 0 Å². The van der Waals surface area contributed by atoms with Crippen LogP contribution in [0.25, 0.3) is 5.52 Å². The van der Waals surface area contributed by atoms with Gasteiger partial charge in [0.15, 0.2) is 0 Å². The maximum Gasteiger partial charge on any atom is 0.321 e. The van der Waals surface area contributed by atoms with E-state index in [2.05, 4.69) is 22.5 Å². The summed E-state index contributed by atoms with van der Waals surface area (Å²) in [4.78, 5) is 29.5. The third kappa shape index (κ3) is 4.42. The second-order valence-electron chi connectivity index (χ2n) is 9.00. The van der Waals surface area contributed by atoms with E-state index in [1.165, 1.54) is 5.56 Å². The maximum atomic E-state index is 12.9. The van der Waals surface area contributed by atoms with Gasteiger partial charge in [0.2, 0.25) is 0 Å². The molecule has 2 fully saturated rings. The van der Waals surface area contributed by atoms with Crippen molar-refractivity contribution in [3.05, 3.63) is 64.4 Å². The highest BCUT2D eigenvalue weighted by molar-refractivity contribution is 6.31. The number of benzene rings is 1. The van der Waals surface area contributed by atoms with Crippen LogP contribution in [-0.2, 0) is 0 Å². The molecule has 2 saturated heterocycles. The number of rotatable bonds is 3. The highest BCUT2D eigenvalue weighted by Gasteiger charge is 2.26. The molecular formula is C25H28ClN5O2. The molecule has 0 unspecified atom stereocenters. The SMILES string of the molecule is Cc1ccc(Cl)cc1NC(=O)N1CCC(c2ccn3ncc(C(=O)N4CCCC4)c3c2)CC1. The summed E-state index contributed by atoms with van der Waals surface area (Å²) >= 11 is 6.08. The molecule has 0 aliphatic carbocycles. The normalized spacial score (nSPS) is 17.0. The van der Waals surface area contributed by atoms with Gasteiger partial charge in [-0.2, -0.15) is 5.10 Å². The van der Waals surface area contributed by atoms with Gasteiger partial charge in [0.1, 0.15) is 0 Å². The standard InChI is InChI=1S/C25H28ClN5O2/c1-17-4-5-20(26)15-22(17)28-25(33)30-11-6-18(7-12-30)19-8-13-31-23(14-19)21(16-27-31)24(32)29-9-2-3-10-29/h4-5,8,13-16,18H,2-3,6-7,9-12H2,1H3,(H,28,33). The molecule has 0 radical (unpaired) electrons. The van der Waals surface area contributed by atoms with Gasteiger partial charge in [-0.3, -0.25) is 4.79 Å². The van der Waals surface area contributed by atoms with Crippen molar-refractivity contribution in [1.29, 1.82) is 0 Å². The molecule has 33 heavy (non-hydrogen) atoms. The molecule has 3 amide bonds. The third-order valence-corrected chi connectivity index (χ3v) is 7.10. The minimum atomic E-state index is -0.0939. The number of fused-ring (bicyclic) bond motifs is 1. The lowest BCUT2D eigenvalue weighted by Gasteiger charge is -2.32. The zero-order valence-corrected chi connectivity index (χ0v) is 19.5. The number of urea groups is 1. The number of carbonyl (C=O) groups excluding carboxylic acids is 2. The van der Waals surface area contributed by atoms with E-state index in [0.29, 0.717) is 29.6 Å². The summed E-state index contributed by atoms with van der Waals surface area (Å²) in [5, 5.41) is 7.98. The predicted molar refractivity (Wildman–Crippen MR) is 129 cm³/mol. The Morgan fingerprint density at radius 1 is 1.03 bits per heavy atom. The van der Waals surface area contributed by atoms with Gasteiger partial charge in [0.25, 0.3) is 5.91 Å². The first-order chi connectivity index (χ1) is 16.0. The van der Waals surface area contributed by atoms with Crippen LogP contribution < -0.4 is 5.32 Å². The zero-order valence-electron chi connectivity index (χ0n) is 18.8. The van der Waals surface area contributed by atoms with Gasteiger partial charge in [0.05, 0.1) is 17.3 Å². The average molecular weight is 466 g/mol. The van der Waals surface area contributed by atoms with Crippen LogP contribution in [0.5, 0.6) is 0 Å². The molecule has 1 N–H and O–H groups in total. The van der Waals surface area contributed by atoms with Crippen LogP contribution >= 0.6 is 11.6 Å². The summed E-state index contributed by atoms with van der Waals surface area (Å²) in [7, 11) is 0. The Bertz CT molecular complexity index is 1190. The molecule has 0 bridgehead atoms. The lowest BCUT2D eigenvalue weighted by molar-refractivity contribution is 0.0794. The number of amides is 3. The first kappa shape index (κ1) is 21.8. The van der Waals surface area contributed by atoms with Gasteiger partial charge in [-0.1, -0.05) is 17.7 Å². The number of carbonyl (C=O) groups is 2. The van der Waals surface area contributed by atoms with Gasteiger partial charge in [-0.15, -0.1) is 0 Å². The Kier molecular flexibility index (Phi) is 5.98. The zero-order chi connectivity index (χ0) is 22.9. The highest BCUT2D eigenvalue weighted by atomic mass is 35.5. The number of hydrogen-bond acceptors (Lipinski definition) is 3. The van der Waals surface area contributed by atoms with Crippen LogP contribution in [0.15, 0.2) is 42.7 Å². The van der Waals surface area contributed by atoms with Crippen LogP contribution in [-0.4, -0.2) is 57.5 Å². The van der Waals surface area contributed by atoms with E-state index in [0.717, 1.165) is 55.5 Å². The molecular weight excluding hydrogens is 438 g/mol. The third-order valence-electron chi connectivity index (χ3n) is 6.86. The van der Waals surface area contributed by atoms with Crippen molar-refractivity contribution < 1.29 is 9.59 Å². The number of aromatic nitrogens is 2. The van der Waals surface area contributed by atoms with Crippen molar-refractivity contribution in [3.8, 4) is 0 Å². The lowest BCUT2D eigenvalue weighted by atomic mass is 9.89. The predicted octanol–water partition coefficient (Wildman–Crippen LogP) is 4.94. The first-order valence-corrected chi connectivity index (χ1v) is 12.0. The van der Waals surface area contributed by atoms with Gasteiger partial charge >= 0.3 is 6.03 Å². The summed E-state index contributed by atoms with van der Waals surface area (Å²) in [6.45, 7) is 4.96. The summed E-state index contributed by atoms with van der Waals surface area (Å²) in [5.41, 5.74) is 4.46. The fraction of sp³-hybridized carbons (Fsp3) is 0.400. The molecule has 2 aliphatic heterocycles. The Morgan fingerprint density at radius 2 is 1.79 bits per heavy atom. The molecule has 0 saturated carbocycles. The Morgan fingerprint density at radius 3 is 2.55 bits per heavy atom. The molecule has 0 atom stereocenters. The molecule has 2 aliphatic rings. The molecule has 5 rings (SSSR count). The summed E-state index contributed by atoms with van der Waals surface area (Å²) in [6, 6.07) is 9.59. The van der Waals surface area contributed by atoms with E-state index in [4.69, 9.17) is 11.6 Å². The number of piperidine rings is 1. The molecule has 1 aromatic carbocycles. The summed E-state index contributed by atoms with van der Waals surface area (Å²) in [5.74, 6) is 0.416. The molecule has 8 heteroatoms. The Balaban J connectivity index is 1.26. The van der Waals surface area contributed by atoms with Crippen molar-refractivity contribution in [2.24, 2.45) is 0 Å². The number of likely N-dealkylation sites (tertiary alicyclic amines) is 2. The van der Waals surface area contributed by atoms with Crippen LogP contribution in [0.3, 0.4) is 0 Å². The number of anilines is 1. The molecule has 0 spiro atoms. The number of pyridine rings is 1. The second kappa shape index (κ2) is 9.06. The minimum Gasteiger partial charge on any atom is -0.339 e. The van der Waals surface area contributed by atoms with Crippen LogP contribution in [0.4, 0.5) is 10.5 Å². The van der Waals surface area contributed by atoms with E-state index in [1.54, 1.807) is 16.8 Å². The van der Waals surface area contributed by atoms with Crippen molar-refractivity contribution in [2.75, 3.05) is 31.5 Å². The van der Waals surface area contributed by atoms with E-state index in [-0.39, 0.29) is 11.9 Å². The van der Waals surface area contributed by atoms with Crippen LogP contribution in [0, 0.1) is 6.92 Å². The first-order valence-electron chi connectivity index (χ1n) is 11.6. The molecule has 3 aromatic rings. The molecule has 4 heterocycles. The number of halogens is 1. The molecule has 7 nitrogen and oxygen atoms in total. The molecule has 2 aromatic heterocycles. The van der Waals surface area contributed by atoms with E-state index in [1.807, 2.05) is 35.1 Å². The summed E-state index contributed by atoms with van der Waals surface area (Å²) < 4.78 is 1.78. The van der Waals surface area contributed by atoms with Crippen LogP contribution in [0.2, 0.25) is 5.02 Å². The van der Waals surface area contributed by atoms with Crippen molar-refractivity contribution >= 4 is 34.7 Å². The van der Waals surface area contributed by atoms with Gasteiger partial charge in [-0.25, -0.2) is 9.31 Å². The largest absolute Gasteiger partial charge is 0.339 e. The van der Waals surface area contributed by atoms with E-state index >= 15 is 0 Å². The fourth-order valence-corrected chi connectivity index (χ4v) is 5.02. The van der Waals surface area contributed by atoms with Crippen LogP contribution in [0.1, 0.15) is 53.1 Å². The minimum absolute atomic E-state index is 0.0717. The Hall–Kier alpha value is -3.06. The topological polar surface area (TPSA) is 70.0 Å². The van der Waals surface area contributed by atoms with Gasteiger partial charge < -0.3 is 15.1 Å². The van der Waals surface area contributed by atoms with Crippen molar-refractivity contribution in [3.63, 3.8) is 0 Å². The monoisotopic (exact) mass is 465 g/mol. The lowest BCUT2D eigenvalue weighted by Crippen LogP contribution is -2.40. The molecule has 172 valence electrons. The smallest absolute Gasteiger partial charge is 0.321 e. The fourth-order valence-electron chi connectivity index (χ4n) is 4.85. The number of aryl methyl sites for hydroxylation is 1. The average Bonchev–Trinajstić information content (AvgIpc) is 3.51. The van der Waals surface area contributed by atoms with Gasteiger partial charge in [-0.05, 0) is 73.9 Å². The van der Waals surface area contributed by atoms with Crippen molar-refractivity contribution in [2.45, 2.75) is 38.5 Å². The maximum absolute atomic E-state index is 12.9. The quantitative estimate of drug-likeness (QED) is 0.595. The number of hydrogen-bond donors (Lipinski definition) is 1. The highest BCUT2D eigenvalue weighted by Crippen LogP contribution is 2.30. The van der Waals surface area contributed by atoms with Crippen molar-refractivity contribution in [1.82, 2.24) is 19.4 Å². The summed E-state index contributed by atoms with van der Waals surface area (Å²) in [6.07, 6.45) is 7.51. The number of nitrogens with one attached hydrogen (secondary N) is 1. The number of nitrogens with zero attached hydrogens (tertiary/aromatic N) is 4. The van der Waals surface area contributed by atoms with E-state index in [9.17, 15) is 9.59 Å².